The summed E-state index contributed by atoms with van der Waals surface area (Å²) in [5.41, 5.74) is 7.14. The van der Waals surface area contributed by atoms with Crippen LogP contribution in [-0.2, 0) is 16.0 Å². The lowest BCUT2D eigenvalue weighted by Gasteiger charge is -2.12. The summed E-state index contributed by atoms with van der Waals surface area (Å²) in [6.45, 7) is 0.731. The van der Waals surface area contributed by atoms with E-state index in [1.54, 1.807) is 13.8 Å². The summed E-state index contributed by atoms with van der Waals surface area (Å²) in [6, 6.07) is 2.67. The highest BCUT2D eigenvalue weighted by Gasteiger charge is 2.13. The summed E-state index contributed by atoms with van der Waals surface area (Å²) in [4.78, 5) is 11.4. The van der Waals surface area contributed by atoms with Gasteiger partial charge in [-0.15, -0.1) is 0 Å². The first-order valence-corrected chi connectivity index (χ1v) is 5.43. The predicted octanol–water partition coefficient (Wildman–Crippen LogP) is 2.28. The van der Waals surface area contributed by atoms with Crippen LogP contribution in [0.3, 0.4) is 0 Å². The number of ether oxygens (including phenoxy) is 2. The zero-order valence-electron chi connectivity index (χ0n) is 10.2. The van der Waals surface area contributed by atoms with Crippen molar-refractivity contribution in [2.75, 3.05) is 12.3 Å². The highest BCUT2D eigenvalue weighted by molar-refractivity contribution is 5.74. The van der Waals surface area contributed by atoms with Crippen LogP contribution in [-0.4, -0.2) is 19.2 Å². The molecule has 0 amide bonds. The average Bonchev–Trinajstić information content (AvgIpc) is 2.24. The number of carbonyl (C=O) groups excluding carboxylic acids is 1. The van der Waals surface area contributed by atoms with Crippen molar-refractivity contribution in [1.82, 2.24) is 0 Å². The number of nitrogens with two attached hydrogens (primary N) is 1. The number of benzene rings is 1. The van der Waals surface area contributed by atoms with Crippen LogP contribution in [0.4, 0.5) is 14.5 Å². The quantitative estimate of drug-likeness (QED) is 0.651. The number of halogens is 2. The molecule has 0 heterocycles. The van der Waals surface area contributed by atoms with Gasteiger partial charge >= 0.3 is 12.6 Å². The summed E-state index contributed by atoms with van der Waals surface area (Å²) in [5.74, 6) is -0.499. The first-order chi connectivity index (χ1) is 8.43. The van der Waals surface area contributed by atoms with E-state index in [9.17, 15) is 13.6 Å². The third kappa shape index (κ3) is 3.87. The molecule has 1 aromatic rings. The number of hydrogen-bond acceptors (Lipinski definition) is 4. The van der Waals surface area contributed by atoms with Crippen molar-refractivity contribution >= 4 is 11.7 Å². The molecule has 0 spiro atoms. The van der Waals surface area contributed by atoms with E-state index < -0.39 is 12.6 Å². The van der Waals surface area contributed by atoms with Gasteiger partial charge in [-0.3, -0.25) is 4.79 Å². The van der Waals surface area contributed by atoms with Crippen molar-refractivity contribution in [3.05, 3.63) is 23.3 Å². The SMILES string of the molecule is CCOC(=O)Cc1cc(OC(F)F)cc(N)c1C. The molecule has 100 valence electrons. The Labute approximate surface area is 104 Å². The van der Waals surface area contributed by atoms with E-state index >= 15 is 0 Å². The van der Waals surface area contributed by atoms with Crippen LogP contribution >= 0.6 is 0 Å². The van der Waals surface area contributed by atoms with Crippen LogP contribution in [0.15, 0.2) is 12.1 Å². The fourth-order valence-corrected chi connectivity index (χ4v) is 1.49. The standard InChI is InChI=1S/C12H15F2NO3/c1-3-17-11(16)5-8-4-9(18-12(13)14)6-10(15)7(8)2/h4,6,12H,3,5,15H2,1-2H3. The highest BCUT2D eigenvalue weighted by atomic mass is 19.3. The molecule has 0 aliphatic carbocycles. The molecule has 2 N–H and O–H groups in total. The average molecular weight is 259 g/mol. The lowest BCUT2D eigenvalue weighted by atomic mass is 10.0. The number of anilines is 1. The Bertz CT molecular complexity index is 436. The minimum Gasteiger partial charge on any atom is -0.466 e. The van der Waals surface area contributed by atoms with Crippen molar-refractivity contribution < 1.29 is 23.0 Å². The first kappa shape index (κ1) is 14.2. The van der Waals surface area contributed by atoms with Crippen molar-refractivity contribution in [2.45, 2.75) is 26.9 Å². The summed E-state index contributed by atoms with van der Waals surface area (Å²) < 4.78 is 33.3. The molecule has 18 heavy (non-hydrogen) atoms. The maximum Gasteiger partial charge on any atom is 0.387 e. The number of nitrogen functional groups attached to an aromatic ring is 1. The first-order valence-electron chi connectivity index (χ1n) is 5.43. The summed E-state index contributed by atoms with van der Waals surface area (Å²) in [5, 5.41) is 0. The molecular weight excluding hydrogens is 244 g/mol. The molecule has 1 aromatic carbocycles. The van der Waals surface area contributed by atoms with Gasteiger partial charge in [-0.1, -0.05) is 0 Å². The second-order valence-corrected chi connectivity index (χ2v) is 3.66. The van der Waals surface area contributed by atoms with E-state index in [2.05, 4.69) is 4.74 Å². The monoisotopic (exact) mass is 259 g/mol. The number of carbonyl (C=O) groups is 1. The predicted molar refractivity (Wildman–Crippen MR) is 62.6 cm³/mol. The van der Waals surface area contributed by atoms with E-state index in [4.69, 9.17) is 10.5 Å². The molecule has 0 saturated heterocycles. The van der Waals surface area contributed by atoms with Crippen molar-refractivity contribution in [1.29, 1.82) is 0 Å². The smallest absolute Gasteiger partial charge is 0.387 e. The molecule has 0 aromatic heterocycles. The van der Waals surface area contributed by atoms with Crippen molar-refractivity contribution in [3.63, 3.8) is 0 Å². The Balaban J connectivity index is 2.95. The Kier molecular flexibility index (Phi) is 4.88. The van der Waals surface area contributed by atoms with Crippen molar-refractivity contribution in [3.8, 4) is 5.75 Å². The van der Waals surface area contributed by atoms with Crippen molar-refractivity contribution in [2.24, 2.45) is 0 Å². The molecular formula is C12H15F2NO3. The Morgan fingerprint density at radius 3 is 2.67 bits per heavy atom. The lowest BCUT2D eigenvalue weighted by Crippen LogP contribution is -2.10. The van der Waals surface area contributed by atoms with Gasteiger partial charge in [-0.25, -0.2) is 0 Å². The zero-order chi connectivity index (χ0) is 13.7. The van der Waals surface area contributed by atoms with Crippen LogP contribution in [0.5, 0.6) is 5.75 Å². The number of hydrogen-bond donors (Lipinski definition) is 1. The Morgan fingerprint density at radius 1 is 1.44 bits per heavy atom. The summed E-state index contributed by atoms with van der Waals surface area (Å²) >= 11 is 0. The maximum absolute atomic E-state index is 12.1. The number of esters is 1. The summed E-state index contributed by atoms with van der Waals surface area (Å²) in [7, 11) is 0. The van der Waals surface area contributed by atoms with E-state index in [1.807, 2.05) is 0 Å². The van der Waals surface area contributed by atoms with E-state index in [0.717, 1.165) is 0 Å². The van der Waals surface area contributed by atoms with Crippen LogP contribution in [0.2, 0.25) is 0 Å². The van der Waals surface area contributed by atoms with Crippen LogP contribution in [0, 0.1) is 6.92 Å². The molecule has 0 aliphatic rings. The highest BCUT2D eigenvalue weighted by Crippen LogP contribution is 2.25. The molecule has 1 rings (SSSR count). The zero-order valence-corrected chi connectivity index (χ0v) is 10.2. The van der Waals surface area contributed by atoms with Gasteiger partial charge in [0.1, 0.15) is 5.75 Å². The van der Waals surface area contributed by atoms with Gasteiger partial charge in [0.2, 0.25) is 0 Å². The van der Waals surface area contributed by atoms with Gasteiger partial charge in [0.25, 0.3) is 0 Å². The summed E-state index contributed by atoms with van der Waals surface area (Å²) in [6.07, 6.45) is -0.0235. The second-order valence-electron chi connectivity index (χ2n) is 3.66. The van der Waals surface area contributed by atoms with Gasteiger partial charge in [0.15, 0.2) is 0 Å². The fourth-order valence-electron chi connectivity index (χ4n) is 1.49. The Morgan fingerprint density at radius 2 is 2.11 bits per heavy atom. The van der Waals surface area contributed by atoms with Crippen LogP contribution < -0.4 is 10.5 Å². The lowest BCUT2D eigenvalue weighted by molar-refractivity contribution is -0.142. The van der Waals surface area contributed by atoms with E-state index in [-0.39, 0.29) is 18.8 Å². The molecule has 0 unspecified atom stereocenters. The number of rotatable bonds is 5. The number of alkyl halides is 2. The van der Waals surface area contributed by atoms with Gasteiger partial charge in [0, 0.05) is 11.8 Å². The molecule has 6 heteroatoms. The molecule has 4 nitrogen and oxygen atoms in total. The van der Waals surface area contributed by atoms with Gasteiger partial charge in [0.05, 0.1) is 13.0 Å². The molecule has 0 radical (unpaired) electrons. The van der Waals surface area contributed by atoms with Gasteiger partial charge in [-0.05, 0) is 31.0 Å². The molecule has 0 saturated carbocycles. The molecule has 0 fully saturated rings. The van der Waals surface area contributed by atoms with Crippen LogP contribution in [0.1, 0.15) is 18.1 Å². The molecule has 0 aliphatic heterocycles. The second kappa shape index (κ2) is 6.18. The third-order valence-corrected chi connectivity index (χ3v) is 2.39. The molecule has 0 bridgehead atoms. The Hall–Kier alpha value is -1.85. The normalized spacial score (nSPS) is 10.5. The van der Waals surface area contributed by atoms with E-state index in [0.29, 0.717) is 16.8 Å². The third-order valence-electron chi connectivity index (χ3n) is 2.39. The van der Waals surface area contributed by atoms with Gasteiger partial charge in [-0.2, -0.15) is 8.78 Å². The topological polar surface area (TPSA) is 61.5 Å². The van der Waals surface area contributed by atoms with E-state index in [1.165, 1.54) is 12.1 Å². The van der Waals surface area contributed by atoms with Gasteiger partial charge < -0.3 is 15.2 Å². The molecule has 0 atom stereocenters. The minimum atomic E-state index is -2.93. The van der Waals surface area contributed by atoms with Crippen LogP contribution in [0.25, 0.3) is 0 Å². The maximum atomic E-state index is 12.1. The fraction of sp³-hybridized carbons (Fsp3) is 0.417. The minimum absolute atomic E-state index is 0.0235. The largest absolute Gasteiger partial charge is 0.466 e.